The minimum absolute atomic E-state index is 0.0411. The fraction of sp³-hybridized carbons (Fsp3) is 0.208. The summed E-state index contributed by atoms with van der Waals surface area (Å²) in [4.78, 5) is 14.1. The van der Waals surface area contributed by atoms with Crippen LogP contribution in [-0.4, -0.2) is 22.2 Å². The summed E-state index contributed by atoms with van der Waals surface area (Å²) in [6, 6.07) is 17.1. The Labute approximate surface area is 168 Å². The van der Waals surface area contributed by atoms with Crippen LogP contribution >= 0.6 is 0 Å². The van der Waals surface area contributed by atoms with Gasteiger partial charge in [0.25, 0.3) is 0 Å². The van der Waals surface area contributed by atoms with Gasteiger partial charge in [-0.05, 0) is 62.7 Å². The second kappa shape index (κ2) is 7.26. The van der Waals surface area contributed by atoms with Gasteiger partial charge in [-0.2, -0.15) is 0 Å². The van der Waals surface area contributed by atoms with E-state index in [-0.39, 0.29) is 18.2 Å². The molecule has 4 rings (SSSR count). The van der Waals surface area contributed by atoms with Crippen molar-refractivity contribution >= 4 is 39.3 Å². The van der Waals surface area contributed by atoms with E-state index >= 15 is 0 Å². The Morgan fingerprint density at radius 2 is 1.69 bits per heavy atom. The lowest BCUT2D eigenvalue weighted by Gasteiger charge is -2.30. The quantitative estimate of drug-likeness (QED) is 0.463. The molecule has 5 nitrogen and oxygen atoms in total. The van der Waals surface area contributed by atoms with E-state index in [1.54, 1.807) is 18.2 Å². The topological polar surface area (TPSA) is 73.9 Å². The number of hydrogen-bond donors (Lipinski definition) is 2. The monoisotopic (exact) mass is 389 g/mol. The second-order valence-electron chi connectivity index (χ2n) is 7.56. The first-order valence-electron chi connectivity index (χ1n) is 9.58. The van der Waals surface area contributed by atoms with Gasteiger partial charge in [-0.15, -0.1) is 0 Å². The van der Waals surface area contributed by atoms with Crippen molar-refractivity contribution in [3.8, 4) is 0 Å². The third-order valence-corrected chi connectivity index (χ3v) is 5.15. The van der Waals surface area contributed by atoms with Crippen molar-refractivity contribution in [2.45, 2.75) is 33.4 Å². The molecule has 0 amide bonds. The Kier molecular flexibility index (Phi) is 4.76. The van der Waals surface area contributed by atoms with Crippen LogP contribution in [0.2, 0.25) is 0 Å². The average Bonchev–Trinajstić information content (AvgIpc) is 3.05. The summed E-state index contributed by atoms with van der Waals surface area (Å²) in [5.41, 5.74) is 4.83. The predicted octanol–water partition coefficient (Wildman–Crippen LogP) is 5.63. The van der Waals surface area contributed by atoms with E-state index in [1.807, 2.05) is 62.1 Å². The number of aliphatic hydroxyl groups is 1. The first kappa shape index (κ1) is 19.0. The molecule has 148 valence electrons. The van der Waals surface area contributed by atoms with Gasteiger partial charge in [0.1, 0.15) is 11.2 Å². The lowest BCUT2D eigenvalue weighted by Crippen LogP contribution is -2.27. The van der Waals surface area contributed by atoms with Gasteiger partial charge in [0.05, 0.1) is 17.9 Å². The van der Waals surface area contributed by atoms with Crippen LogP contribution in [0.4, 0.5) is 11.4 Å². The summed E-state index contributed by atoms with van der Waals surface area (Å²) in [7, 11) is 0. The largest absolute Gasteiger partial charge is 0.478 e. The van der Waals surface area contributed by atoms with Crippen LogP contribution in [0, 0.1) is 6.92 Å². The van der Waals surface area contributed by atoms with Crippen LogP contribution < -0.4 is 4.90 Å². The smallest absolute Gasteiger partial charge is 0.337 e. The summed E-state index contributed by atoms with van der Waals surface area (Å²) in [6.45, 7) is 6.03. The predicted molar refractivity (Wildman–Crippen MR) is 115 cm³/mol. The molecule has 0 radical (unpaired) electrons. The molecule has 0 atom stereocenters. The molecule has 0 bridgehead atoms. The number of benzene rings is 3. The lowest BCUT2D eigenvalue weighted by atomic mass is 10.0. The highest BCUT2D eigenvalue weighted by Crippen LogP contribution is 2.38. The van der Waals surface area contributed by atoms with Crippen molar-refractivity contribution in [3.05, 3.63) is 71.3 Å². The van der Waals surface area contributed by atoms with Crippen LogP contribution in [-0.2, 0) is 6.61 Å². The van der Waals surface area contributed by atoms with Crippen LogP contribution in [0.3, 0.4) is 0 Å². The molecule has 0 unspecified atom stereocenters. The standard InChI is InChI=1S/C24H23NO4/c1-14(2)25(17-7-4-15(3)5-8-17)21-11-19-18-10-16(13-26)6-9-22(18)29-23(19)12-20(21)24(27)28/h4-12,14,26H,13H2,1-3H3,(H,27,28). The fourth-order valence-corrected chi connectivity index (χ4v) is 3.75. The molecule has 5 heteroatoms. The van der Waals surface area contributed by atoms with Crippen LogP contribution in [0.25, 0.3) is 21.9 Å². The molecular formula is C24H23NO4. The molecule has 2 N–H and O–H groups in total. The molecule has 0 aliphatic rings. The minimum Gasteiger partial charge on any atom is -0.478 e. The minimum atomic E-state index is -1.00. The third-order valence-electron chi connectivity index (χ3n) is 5.15. The number of carboxylic acid groups (broad SMARTS) is 1. The Morgan fingerprint density at radius 3 is 2.31 bits per heavy atom. The van der Waals surface area contributed by atoms with Gasteiger partial charge in [0.2, 0.25) is 0 Å². The molecule has 0 spiro atoms. The maximum absolute atomic E-state index is 12.1. The molecule has 0 aliphatic heterocycles. The Morgan fingerprint density at radius 1 is 1.00 bits per heavy atom. The number of rotatable bonds is 5. The van der Waals surface area contributed by atoms with Crippen molar-refractivity contribution < 1.29 is 19.4 Å². The molecule has 4 aromatic rings. The van der Waals surface area contributed by atoms with E-state index in [9.17, 15) is 15.0 Å². The van der Waals surface area contributed by atoms with Gasteiger partial charge in [0, 0.05) is 22.5 Å². The third kappa shape index (κ3) is 3.34. The molecule has 3 aromatic carbocycles. The number of anilines is 2. The van der Waals surface area contributed by atoms with Crippen LogP contribution in [0.15, 0.2) is 59.0 Å². The molecule has 0 aliphatic carbocycles. The van der Waals surface area contributed by atoms with Crippen LogP contribution in [0.5, 0.6) is 0 Å². The summed E-state index contributed by atoms with van der Waals surface area (Å²) < 4.78 is 5.90. The molecule has 0 saturated carbocycles. The van der Waals surface area contributed by atoms with Crippen molar-refractivity contribution in [1.29, 1.82) is 0 Å². The van der Waals surface area contributed by atoms with Crippen molar-refractivity contribution in [3.63, 3.8) is 0 Å². The van der Waals surface area contributed by atoms with Crippen molar-refractivity contribution in [2.24, 2.45) is 0 Å². The van der Waals surface area contributed by atoms with Crippen molar-refractivity contribution in [1.82, 2.24) is 0 Å². The number of furan rings is 1. The molecule has 1 aromatic heterocycles. The number of hydrogen-bond acceptors (Lipinski definition) is 4. The number of nitrogens with zero attached hydrogens (tertiary/aromatic N) is 1. The van der Waals surface area contributed by atoms with E-state index in [4.69, 9.17) is 4.42 Å². The number of carbonyl (C=O) groups is 1. The SMILES string of the molecule is Cc1ccc(N(c2cc3c(cc2C(=O)O)oc2ccc(CO)cc23)C(C)C)cc1. The number of carboxylic acids is 1. The first-order chi connectivity index (χ1) is 13.9. The lowest BCUT2D eigenvalue weighted by molar-refractivity contribution is 0.0697. The molecule has 29 heavy (non-hydrogen) atoms. The van der Waals surface area contributed by atoms with E-state index in [1.165, 1.54) is 0 Å². The number of aryl methyl sites for hydroxylation is 1. The Balaban J connectivity index is 2.01. The van der Waals surface area contributed by atoms with E-state index < -0.39 is 5.97 Å². The van der Waals surface area contributed by atoms with Crippen LogP contribution in [0.1, 0.15) is 35.3 Å². The number of aromatic carboxylic acids is 1. The summed E-state index contributed by atoms with van der Waals surface area (Å²) in [5, 5.41) is 21.1. The Hall–Kier alpha value is -3.31. The Bertz CT molecular complexity index is 1210. The highest BCUT2D eigenvalue weighted by atomic mass is 16.4. The zero-order valence-corrected chi connectivity index (χ0v) is 16.6. The number of aliphatic hydroxyl groups excluding tert-OH is 1. The maximum atomic E-state index is 12.1. The molecule has 0 fully saturated rings. The van der Waals surface area contributed by atoms with E-state index in [0.717, 1.165) is 27.6 Å². The van der Waals surface area contributed by atoms with Crippen molar-refractivity contribution in [2.75, 3.05) is 4.90 Å². The zero-order chi connectivity index (χ0) is 20.7. The van der Waals surface area contributed by atoms with Gasteiger partial charge < -0.3 is 19.5 Å². The highest BCUT2D eigenvalue weighted by Gasteiger charge is 2.23. The highest BCUT2D eigenvalue weighted by molar-refractivity contribution is 6.10. The van der Waals surface area contributed by atoms with Gasteiger partial charge in [-0.3, -0.25) is 0 Å². The summed E-state index contributed by atoms with van der Waals surface area (Å²) in [6.07, 6.45) is 0. The molecule has 0 saturated heterocycles. The summed E-state index contributed by atoms with van der Waals surface area (Å²) in [5.74, 6) is -1.00. The van der Waals surface area contributed by atoms with Gasteiger partial charge in [-0.25, -0.2) is 4.79 Å². The fourth-order valence-electron chi connectivity index (χ4n) is 3.75. The first-order valence-corrected chi connectivity index (χ1v) is 9.58. The zero-order valence-electron chi connectivity index (χ0n) is 16.6. The maximum Gasteiger partial charge on any atom is 0.337 e. The van der Waals surface area contributed by atoms with E-state index in [0.29, 0.717) is 16.9 Å². The molecule has 1 heterocycles. The van der Waals surface area contributed by atoms with Gasteiger partial charge in [0.15, 0.2) is 0 Å². The molecular weight excluding hydrogens is 366 g/mol. The second-order valence-corrected chi connectivity index (χ2v) is 7.56. The van der Waals surface area contributed by atoms with Gasteiger partial charge >= 0.3 is 5.97 Å². The number of fused-ring (bicyclic) bond motifs is 3. The van der Waals surface area contributed by atoms with E-state index in [2.05, 4.69) is 0 Å². The average molecular weight is 389 g/mol. The normalized spacial score (nSPS) is 11.5. The summed E-state index contributed by atoms with van der Waals surface area (Å²) >= 11 is 0. The van der Waals surface area contributed by atoms with Gasteiger partial charge in [-0.1, -0.05) is 23.8 Å².